The van der Waals surface area contributed by atoms with Gasteiger partial charge in [-0.3, -0.25) is 0 Å². The number of aromatic nitrogens is 3. The quantitative estimate of drug-likeness (QED) is 0.819. The summed E-state index contributed by atoms with van der Waals surface area (Å²) in [5.41, 5.74) is 1.72. The average Bonchev–Trinajstić information content (AvgIpc) is 3.00. The van der Waals surface area contributed by atoms with Gasteiger partial charge in [0.05, 0.1) is 24.3 Å². The fraction of sp³-hybridized carbons (Fsp3) is 0.455. The van der Waals surface area contributed by atoms with Gasteiger partial charge in [-0.1, -0.05) is 22.9 Å². The number of hydrogen-bond acceptors (Lipinski definition) is 3. The zero-order chi connectivity index (χ0) is 11.0. The summed E-state index contributed by atoms with van der Waals surface area (Å²) >= 11 is 6.12. The van der Waals surface area contributed by atoms with Gasteiger partial charge in [-0.15, -0.1) is 5.10 Å². The number of ether oxygens (including phenoxy) is 1. The topological polar surface area (TPSA) is 39.9 Å². The van der Waals surface area contributed by atoms with Crippen molar-refractivity contribution in [3.63, 3.8) is 0 Å². The summed E-state index contributed by atoms with van der Waals surface area (Å²) < 4.78 is 7.39. The zero-order valence-corrected chi connectivity index (χ0v) is 9.52. The van der Waals surface area contributed by atoms with Gasteiger partial charge in [-0.2, -0.15) is 0 Å². The molecule has 0 bridgehead atoms. The SMILES string of the molecule is Clc1cccc2nnn(CCOC3CC3)c12. The summed E-state index contributed by atoms with van der Waals surface area (Å²) in [6.45, 7) is 1.38. The smallest absolute Gasteiger partial charge is 0.114 e. The van der Waals surface area contributed by atoms with E-state index in [1.165, 1.54) is 12.8 Å². The third-order valence-electron chi connectivity index (χ3n) is 2.67. The number of benzene rings is 1. The minimum atomic E-state index is 0.477. The van der Waals surface area contributed by atoms with Crippen molar-refractivity contribution in [2.24, 2.45) is 0 Å². The normalized spacial score (nSPS) is 15.8. The van der Waals surface area contributed by atoms with Crippen molar-refractivity contribution in [1.82, 2.24) is 15.0 Å². The molecular formula is C11H12ClN3O. The molecule has 1 aromatic carbocycles. The van der Waals surface area contributed by atoms with Crippen LogP contribution >= 0.6 is 11.6 Å². The fourth-order valence-electron chi connectivity index (χ4n) is 1.68. The van der Waals surface area contributed by atoms with E-state index in [-0.39, 0.29) is 0 Å². The highest BCUT2D eigenvalue weighted by molar-refractivity contribution is 6.34. The number of hydrogen-bond donors (Lipinski definition) is 0. The number of fused-ring (bicyclic) bond motifs is 1. The molecule has 0 saturated heterocycles. The Morgan fingerprint density at radius 2 is 2.31 bits per heavy atom. The second kappa shape index (κ2) is 4.03. The Labute approximate surface area is 98.1 Å². The third kappa shape index (κ3) is 1.90. The molecular weight excluding hydrogens is 226 g/mol. The highest BCUT2D eigenvalue weighted by Gasteiger charge is 2.21. The van der Waals surface area contributed by atoms with Crippen LogP contribution in [0.1, 0.15) is 12.8 Å². The van der Waals surface area contributed by atoms with Crippen molar-refractivity contribution in [3.05, 3.63) is 23.2 Å². The van der Waals surface area contributed by atoms with E-state index in [2.05, 4.69) is 10.3 Å². The minimum absolute atomic E-state index is 0.477. The summed E-state index contributed by atoms with van der Waals surface area (Å²) in [5.74, 6) is 0. The van der Waals surface area contributed by atoms with Gasteiger partial charge in [0.2, 0.25) is 0 Å². The summed E-state index contributed by atoms with van der Waals surface area (Å²) in [4.78, 5) is 0. The van der Waals surface area contributed by atoms with E-state index in [0.717, 1.165) is 11.0 Å². The predicted molar refractivity (Wildman–Crippen MR) is 61.5 cm³/mol. The molecule has 0 spiro atoms. The maximum absolute atomic E-state index is 6.12. The van der Waals surface area contributed by atoms with Gasteiger partial charge in [-0.05, 0) is 25.0 Å². The van der Waals surface area contributed by atoms with Gasteiger partial charge in [-0.25, -0.2) is 4.68 Å². The predicted octanol–water partition coefficient (Wildman–Crippen LogP) is 2.26. The molecule has 1 aliphatic rings. The first-order valence-corrected chi connectivity index (χ1v) is 5.82. The van der Waals surface area contributed by atoms with E-state index in [4.69, 9.17) is 16.3 Å². The lowest BCUT2D eigenvalue weighted by Crippen LogP contribution is -2.08. The Morgan fingerprint density at radius 3 is 3.12 bits per heavy atom. The first-order valence-electron chi connectivity index (χ1n) is 5.44. The van der Waals surface area contributed by atoms with Crippen LogP contribution in [0, 0.1) is 0 Å². The molecule has 0 amide bonds. The van der Waals surface area contributed by atoms with Crippen LogP contribution in [-0.2, 0) is 11.3 Å². The first kappa shape index (κ1) is 10.1. The molecule has 1 saturated carbocycles. The zero-order valence-electron chi connectivity index (χ0n) is 8.77. The summed E-state index contributed by atoms with van der Waals surface area (Å²) in [6.07, 6.45) is 2.86. The van der Waals surface area contributed by atoms with Crippen LogP contribution < -0.4 is 0 Å². The lowest BCUT2D eigenvalue weighted by molar-refractivity contribution is 0.110. The molecule has 1 aromatic heterocycles. The monoisotopic (exact) mass is 237 g/mol. The molecule has 3 rings (SSSR count). The second-order valence-electron chi connectivity index (χ2n) is 3.99. The Morgan fingerprint density at radius 1 is 1.44 bits per heavy atom. The molecule has 0 unspecified atom stereocenters. The molecule has 1 heterocycles. The van der Waals surface area contributed by atoms with Gasteiger partial charge in [0.15, 0.2) is 0 Å². The Balaban J connectivity index is 1.79. The molecule has 0 radical (unpaired) electrons. The summed E-state index contributed by atoms with van der Waals surface area (Å²) in [5, 5.41) is 8.83. The van der Waals surface area contributed by atoms with E-state index in [0.29, 0.717) is 24.3 Å². The molecule has 1 fully saturated rings. The molecule has 1 aliphatic carbocycles. The van der Waals surface area contributed by atoms with Crippen LogP contribution in [0.4, 0.5) is 0 Å². The highest BCUT2D eigenvalue weighted by Crippen LogP contribution is 2.24. The van der Waals surface area contributed by atoms with Gasteiger partial charge < -0.3 is 4.74 Å². The second-order valence-corrected chi connectivity index (χ2v) is 4.40. The van der Waals surface area contributed by atoms with Gasteiger partial charge >= 0.3 is 0 Å². The van der Waals surface area contributed by atoms with Gasteiger partial charge in [0.25, 0.3) is 0 Å². The molecule has 0 aliphatic heterocycles. The summed E-state index contributed by atoms with van der Waals surface area (Å²) in [7, 11) is 0. The minimum Gasteiger partial charge on any atom is -0.376 e. The number of nitrogens with zero attached hydrogens (tertiary/aromatic N) is 3. The molecule has 2 aromatic rings. The van der Waals surface area contributed by atoms with Gasteiger partial charge in [0, 0.05) is 0 Å². The first-order chi connectivity index (χ1) is 7.84. The van der Waals surface area contributed by atoms with Crippen molar-refractivity contribution in [2.45, 2.75) is 25.5 Å². The van der Waals surface area contributed by atoms with E-state index < -0.39 is 0 Å². The maximum Gasteiger partial charge on any atom is 0.114 e. The fourth-order valence-corrected chi connectivity index (χ4v) is 1.95. The Kier molecular flexibility index (Phi) is 2.53. The van der Waals surface area contributed by atoms with Crippen LogP contribution in [0.15, 0.2) is 18.2 Å². The van der Waals surface area contributed by atoms with Crippen LogP contribution in [0.5, 0.6) is 0 Å². The largest absolute Gasteiger partial charge is 0.376 e. The van der Waals surface area contributed by atoms with E-state index >= 15 is 0 Å². The molecule has 16 heavy (non-hydrogen) atoms. The van der Waals surface area contributed by atoms with E-state index in [9.17, 15) is 0 Å². The van der Waals surface area contributed by atoms with Crippen molar-refractivity contribution in [1.29, 1.82) is 0 Å². The van der Waals surface area contributed by atoms with Crippen molar-refractivity contribution in [2.75, 3.05) is 6.61 Å². The molecule has 84 valence electrons. The van der Waals surface area contributed by atoms with Crippen LogP contribution in [0.2, 0.25) is 5.02 Å². The molecule has 0 N–H and O–H groups in total. The Hall–Kier alpha value is -1.13. The summed E-state index contributed by atoms with van der Waals surface area (Å²) in [6, 6.07) is 5.64. The number of para-hydroxylation sites is 1. The highest BCUT2D eigenvalue weighted by atomic mass is 35.5. The standard InChI is InChI=1S/C11H12ClN3O/c12-9-2-1-3-10-11(9)15(14-13-10)6-7-16-8-4-5-8/h1-3,8H,4-7H2. The number of halogens is 1. The van der Waals surface area contributed by atoms with Crippen LogP contribution in [-0.4, -0.2) is 27.7 Å². The van der Waals surface area contributed by atoms with E-state index in [1.807, 2.05) is 18.2 Å². The van der Waals surface area contributed by atoms with Crippen molar-refractivity contribution >= 4 is 22.6 Å². The molecule has 5 heteroatoms. The van der Waals surface area contributed by atoms with Crippen LogP contribution in [0.25, 0.3) is 11.0 Å². The average molecular weight is 238 g/mol. The number of rotatable bonds is 4. The lowest BCUT2D eigenvalue weighted by atomic mass is 10.3. The van der Waals surface area contributed by atoms with Crippen molar-refractivity contribution in [3.8, 4) is 0 Å². The maximum atomic E-state index is 6.12. The Bertz CT molecular complexity index is 507. The van der Waals surface area contributed by atoms with Crippen LogP contribution in [0.3, 0.4) is 0 Å². The van der Waals surface area contributed by atoms with Gasteiger partial charge in [0.1, 0.15) is 11.0 Å². The molecule has 0 atom stereocenters. The third-order valence-corrected chi connectivity index (χ3v) is 2.97. The lowest BCUT2D eigenvalue weighted by Gasteiger charge is -2.03. The van der Waals surface area contributed by atoms with E-state index in [1.54, 1.807) is 4.68 Å². The molecule has 4 nitrogen and oxygen atoms in total. The van der Waals surface area contributed by atoms with Crippen molar-refractivity contribution < 1.29 is 4.74 Å².